The van der Waals surface area contributed by atoms with E-state index in [9.17, 15) is 10.1 Å². The summed E-state index contributed by atoms with van der Waals surface area (Å²) in [5.41, 5.74) is 1.04. The Balaban J connectivity index is 2.17. The molecule has 2 rings (SSSR count). The largest absolute Gasteiger partial charge is 0.495 e. The van der Waals surface area contributed by atoms with Gasteiger partial charge in [-0.1, -0.05) is 31.5 Å². The van der Waals surface area contributed by atoms with E-state index in [1.807, 2.05) is 6.07 Å². The van der Waals surface area contributed by atoms with Crippen LogP contribution < -0.4 is 19.5 Å². The van der Waals surface area contributed by atoms with Crippen LogP contribution in [-0.4, -0.2) is 26.7 Å². The molecule has 7 heteroatoms. The van der Waals surface area contributed by atoms with E-state index in [0.29, 0.717) is 46.0 Å². The third-order valence-electron chi connectivity index (χ3n) is 4.23. The lowest BCUT2D eigenvalue weighted by atomic mass is 10.1. The molecule has 30 heavy (non-hydrogen) atoms. The maximum absolute atomic E-state index is 12.5. The van der Waals surface area contributed by atoms with Crippen LogP contribution in [0.3, 0.4) is 0 Å². The molecule has 0 unspecified atom stereocenters. The van der Waals surface area contributed by atoms with Crippen molar-refractivity contribution in [1.29, 1.82) is 5.26 Å². The second-order valence-electron chi connectivity index (χ2n) is 6.91. The zero-order valence-corrected chi connectivity index (χ0v) is 18.2. The molecule has 0 heterocycles. The number of carbonyl (C=O) groups excluding carboxylic acids is 1. The van der Waals surface area contributed by atoms with Crippen molar-refractivity contribution in [3.63, 3.8) is 0 Å². The van der Waals surface area contributed by atoms with E-state index in [1.165, 1.54) is 13.2 Å². The molecule has 6 nitrogen and oxygen atoms in total. The first kappa shape index (κ1) is 23.1. The van der Waals surface area contributed by atoms with Gasteiger partial charge in [-0.25, -0.2) is 0 Å². The fraction of sp³-hybridized carbons (Fsp3) is 0.304. The molecule has 158 valence electrons. The van der Waals surface area contributed by atoms with Gasteiger partial charge in [-0.3, -0.25) is 4.79 Å². The van der Waals surface area contributed by atoms with Gasteiger partial charge in [0.05, 0.1) is 25.8 Å². The second-order valence-corrected chi connectivity index (χ2v) is 7.32. The summed E-state index contributed by atoms with van der Waals surface area (Å²) in [6.07, 6.45) is 2.42. The lowest BCUT2D eigenvalue weighted by Gasteiger charge is -2.12. The van der Waals surface area contributed by atoms with Crippen LogP contribution in [-0.2, 0) is 4.79 Å². The maximum atomic E-state index is 12.5. The maximum Gasteiger partial charge on any atom is 0.266 e. The van der Waals surface area contributed by atoms with Crippen molar-refractivity contribution in [2.45, 2.75) is 20.3 Å². The van der Waals surface area contributed by atoms with E-state index >= 15 is 0 Å². The minimum atomic E-state index is -0.546. The predicted molar refractivity (Wildman–Crippen MR) is 118 cm³/mol. The van der Waals surface area contributed by atoms with Crippen molar-refractivity contribution < 1.29 is 19.0 Å². The van der Waals surface area contributed by atoms with Gasteiger partial charge in [0.25, 0.3) is 5.91 Å². The number of hydrogen-bond donors (Lipinski definition) is 1. The molecule has 0 spiro atoms. The Hall–Kier alpha value is -3.17. The molecule has 2 aromatic carbocycles. The van der Waals surface area contributed by atoms with E-state index in [2.05, 4.69) is 19.2 Å². The van der Waals surface area contributed by atoms with Crippen LogP contribution in [0, 0.1) is 17.2 Å². The first-order valence-electron chi connectivity index (χ1n) is 9.45. The molecule has 0 bridgehead atoms. The van der Waals surface area contributed by atoms with E-state index in [-0.39, 0.29) is 5.57 Å². The lowest BCUT2D eigenvalue weighted by Crippen LogP contribution is -2.13. The molecule has 0 saturated carbocycles. The smallest absolute Gasteiger partial charge is 0.266 e. The van der Waals surface area contributed by atoms with Gasteiger partial charge in [-0.2, -0.15) is 5.26 Å². The van der Waals surface area contributed by atoms with Gasteiger partial charge < -0.3 is 19.5 Å². The molecule has 0 atom stereocenters. The third kappa shape index (κ3) is 6.43. The highest BCUT2D eigenvalue weighted by atomic mass is 35.5. The van der Waals surface area contributed by atoms with Crippen molar-refractivity contribution in [3.05, 3.63) is 52.6 Å². The molecule has 0 aliphatic carbocycles. The number of carbonyl (C=O) groups is 1. The van der Waals surface area contributed by atoms with Crippen molar-refractivity contribution in [2.24, 2.45) is 5.92 Å². The average Bonchev–Trinajstić information content (AvgIpc) is 2.72. The fourth-order valence-corrected chi connectivity index (χ4v) is 2.81. The number of nitriles is 1. The van der Waals surface area contributed by atoms with Crippen molar-refractivity contribution in [1.82, 2.24) is 0 Å². The van der Waals surface area contributed by atoms with E-state index in [0.717, 1.165) is 6.42 Å². The molecule has 0 saturated heterocycles. The molecule has 0 aliphatic rings. The monoisotopic (exact) mass is 428 g/mol. The molecule has 0 fully saturated rings. The van der Waals surface area contributed by atoms with E-state index < -0.39 is 5.91 Å². The molecular formula is C23H25ClN2O4. The van der Waals surface area contributed by atoms with Gasteiger partial charge >= 0.3 is 0 Å². The molecule has 0 radical (unpaired) electrons. The number of nitrogens with zero attached hydrogens (tertiary/aromatic N) is 1. The van der Waals surface area contributed by atoms with Gasteiger partial charge in [-0.15, -0.1) is 0 Å². The number of rotatable bonds is 9. The molecule has 1 amide bonds. The average molecular weight is 429 g/mol. The zero-order valence-electron chi connectivity index (χ0n) is 17.5. The van der Waals surface area contributed by atoms with Gasteiger partial charge in [0.2, 0.25) is 0 Å². The van der Waals surface area contributed by atoms with Crippen molar-refractivity contribution in [3.8, 4) is 23.3 Å². The second kappa shape index (κ2) is 11.1. The van der Waals surface area contributed by atoms with Crippen LogP contribution in [0.25, 0.3) is 6.08 Å². The normalized spacial score (nSPS) is 11.0. The Morgan fingerprint density at radius 1 is 1.13 bits per heavy atom. The number of amides is 1. The minimum Gasteiger partial charge on any atom is -0.495 e. The standard InChI is InChI=1S/C23H25ClN2O4/c1-15(2)9-10-30-21-7-5-16(12-22(21)29-4)11-17(14-25)23(27)26-18-6-8-20(28-3)19(24)13-18/h5-8,11-13,15H,9-10H2,1-4H3,(H,26,27)/b17-11+. The first-order valence-corrected chi connectivity index (χ1v) is 9.83. The van der Waals surface area contributed by atoms with Crippen LogP contribution in [0.1, 0.15) is 25.8 Å². The molecule has 1 N–H and O–H groups in total. The molecular weight excluding hydrogens is 404 g/mol. The summed E-state index contributed by atoms with van der Waals surface area (Å²) >= 11 is 6.08. The number of halogens is 1. The Morgan fingerprint density at radius 2 is 1.83 bits per heavy atom. The summed E-state index contributed by atoms with van der Waals surface area (Å²) in [6.45, 7) is 4.84. The Morgan fingerprint density at radius 3 is 2.43 bits per heavy atom. The van der Waals surface area contributed by atoms with Crippen LogP contribution in [0.15, 0.2) is 42.0 Å². The number of nitrogens with one attached hydrogen (secondary N) is 1. The van der Waals surface area contributed by atoms with Crippen molar-refractivity contribution >= 4 is 29.3 Å². The topological polar surface area (TPSA) is 80.6 Å². The van der Waals surface area contributed by atoms with Crippen LogP contribution >= 0.6 is 11.6 Å². The number of benzene rings is 2. The number of methoxy groups -OCH3 is 2. The number of anilines is 1. The van der Waals surface area contributed by atoms with Gasteiger partial charge in [0.1, 0.15) is 17.4 Å². The molecule has 2 aromatic rings. The summed E-state index contributed by atoms with van der Waals surface area (Å²) in [4.78, 5) is 12.5. The number of ether oxygens (including phenoxy) is 3. The fourth-order valence-electron chi connectivity index (χ4n) is 2.56. The molecule has 0 aliphatic heterocycles. The Labute approximate surface area is 182 Å². The van der Waals surface area contributed by atoms with Crippen molar-refractivity contribution in [2.75, 3.05) is 26.1 Å². The highest BCUT2D eigenvalue weighted by molar-refractivity contribution is 6.32. The summed E-state index contributed by atoms with van der Waals surface area (Å²) in [5, 5.41) is 12.5. The highest BCUT2D eigenvalue weighted by Gasteiger charge is 2.12. The summed E-state index contributed by atoms with van der Waals surface area (Å²) in [7, 11) is 3.05. The summed E-state index contributed by atoms with van der Waals surface area (Å²) in [6, 6.07) is 12.0. The predicted octanol–water partition coefficient (Wildman–Crippen LogP) is 5.33. The van der Waals surface area contributed by atoms with Gasteiger partial charge in [0, 0.05) is 5.69 Å². The van der Waals surface area contributed by atoms with E-state index in [4.69, 9.17) is 25.8 Å². The quantitative estimate of drug-likeness (QED) is 0.431. The van der Waals surface area contributed by atoms with Crippen LogP contribution in [0.5, 0.6) is 17.2 Å². The SMILES string of the molecule is COc1ccc(NC(=O)/C(C#N)=C/c2ccc(OCCC(C)C)c(OC)c2)cc1Cl. The Kier molecular flexibility index (Phi) is 8.57. The summed E-state index contributed by atoms with van der Waals surface area (Å²) in [5.74, 6) is 1.64. The minimum absolute atomic E-state index is 0.0579. The Bertz CT molecular complexity index is 964. The molecule has 0 aromatic heterocycles. The number of hydrogen-bond acceptors (Lipinski definition) is 5. The van der Waals surface area contributed by atoms with E-state index in [1.54, 1.807) is 43.5 Å². The van der Waals surface area contributed by atoms with Crippen LogP contribution in [0.4, 0.5) is 5.69 Å². The zero-order chi connectivity index (χ0) is 22.1. The summed E-state index contributed by atoms with van der Waals surface area (Å²) < 4.78 is 16.2. The highest BCUT2D eigenvalue weighted by Crippen LogP contribution is 2.30. The lowest BCUT2D eigenvalue weighted by molar-refractivity contribution is -0.112. The third-order valence-corrected chi connectivity index (χ3v) is 4.52. The van der Waals surface area contributed by atoms with Gasteiger partial charge in [-0.05, 0) is 54.3 Å². The van der Waals surface area contributed by atoms with Gasteiger partial charge in [0.15, 0.2) is 11.5 Å². The van der Waals surface area contributed by atoms with Crippen LogP contribution in [0.2, 0.25) is 5.02 Å². The first-order chi connectivity index (χ1) is 14.4.